The van der Waals surface area contributed by atoms with Gasteiger partial charge in [-0.2, -0.15) is 0 Å². The molecule has 100 valence electrons. The van der Waals surface area contributed by atoms with Crippen LogP contribution in [-0.2, 0) is 6.42 Å². The molecule has 1 aromatic rings. The van der Waals surface area contributed by atoms with Crippen molar-refractivity contribution in [3.63, 3.8) is 0 Å². The SMILES string of the molecule is CCC(N)Cc1ccc(N2CCCC(C)C2)cc1. The Morgan fingerprint density at radius 2 is 2.06 bits per heavy atom. The maximum Gasteiger partial charge on any atom is 0.0366 e. The minimum Gasteiger partial charge on any atom is -0.371 e. The number of hydrogen-bond acceptors (Lipinski definition) is 2. The molecule has 1 fully saturated rings. The molecule has 0 spiro atoms. The summed E-state index contributed by atoms with van der Waals surface area (Å²) < 4.78 is 0. The third-order valence-electron chi connectivity index (χ3n) is 3.98. The lowest BCUT2D eigenvalue weighted by molar-refractivity contribution is 0.447. The number of benzene rings is 1. The molecule has 0 radical (unpaired) electrons. The van der Waals surface area contributed by atoms with E-state index < -0.39 is 0 Å². The van der Waals surface area contributed by atoms with Gasteiger partial charge in [0.05, 0.1) is 0 Å². The van der Waals surface area contributed by atoms with Gasteiger partial charge in [-0.05, 0) is 49.3 Å². The van der Waals surface area contributed by atoms with Crippen molar-refractivity contribution < 1.29 is 0 Å². The molecule has 0 bridgehead atoms. The molecule has 18 heavy (non-hydrogen) atoms. The summed E-state index contributed by atoms with van der Waals surface area (Å²) in [6.45, 7) is 6.90. The summed E-state index contributed by atoms with van der Waals surface area (Å²) in [5.74, 6) is 0.826. The van der Waals surface area contributed by atoms with Crippen LogP contribution in [0.15, 0.2) is 24.3 Å². The molecular weight excluding hydrogens is 220 g/mol. The normalized spacial score (nSPS) is 21.9. The number of piperidine rings is 1. The Morgan fingerprint density at radius 3 is 2.67 bits per heavy atom. The molecule has 2 unspecified atom stereocenters. The Bertz CT molecular complexity index is 358. The van der Waals surface area contributed by atoms with E-state index in [1.54, 1.807) is 0 Å². The fraction of sp³-hybridized carbons (Fsp3) is 0.625. The first-order valence-corrected chi connectivity index (χ1v) is 7.28. The van der Waals surface area contributed by atoms with E-state index >= 15 is 0 Å². The topological polar surface area (TPSA) is 29.3 Å². The van der Waals surface area contributed by atoms with Gasteiger partial charge in [-0.15, -0.1) is 0 Å². The van der Waals surface area contributed by atoms with Crippen LogP contribution in [0.2, 0.25) is 0 Å². The summed E-state index contributed by atoms with van der Waals surface area (Å²) in [5, 5.41) is 0. The molecule has 2 rings (SSSR count). The van der Waals surface area contributed by atoms with E-state index in [0.717, 1.165) is 18.8 Å². The molecule has 1 aliphatic heterocycles. The van der Waals surface area contributed by atoms with Crippen molar-refractivity contribution in [2.45, 2.75) is 45.6 Å². The second-order valence-electron chi connectivity index (χ2n) is 5.73. The van der Waals surface area contributed by atoms with E-state index in [2.05, 4.69) is 43.0 Å². The van der Waals surface area contributed by atoms with E-state index in [0.29, 0.717) is 6.04 Å². The predicted molar refractivity (Wildman–Crippen MR) is 79.0 cm³/mol. The predicted octanol–water partition coefficient (Wildman–Crippen LogP) is 3.20. The Hall–Kier alpha value is -1.02. The van der Waals surface area contributed by atoms with Gasteiger partial charge in [0, 0.05) is 24.8 Å². The lowest BCUT2D eigenvalue weighted by Crippen LogP contribution is -2.34. The molecule has 2 nitrogen and oxygen atoms in total. The molecule has 0 aliphatic carbocycles. The van der Waals surface area contributed by atoms with Crippen molar-refractivity contribution >= 4 is 5.69 Å². The second kappa shape index (κ2) is 6.24. The first-order valence-electron chi connectivity index (χ1n) is 7.28. The lowest BCUT2D eigenvalue weighted by Gasteiger charge is -2.32. The first kappa shape index (κ1) is 13.4. The van der Waals surface area contributed by atoms with E-state index in [4.69, 9.17) is 5.73 Å². The smallest absolute Gasteiger partial charge is 0.0366 e. The van der Waals surface area contributed by atoms with Crippen LogP contribution in [-0.4, -0.2) is 19.1 Å². The summed E-state index contributed by atoms with van der Waals surface area (Å²) in [4.78, 5) is 2.51. The minimum atomic E-state index is 0.297. The summed E-state index contributed by atoms with van der Waals surface area (Å²) in [6.07, 6.45) is 4.74. The Morgan fingerprint density at radius 1 is 1.33 bits per heavy atom. The molecule has 2 heteroatoms. The van der Waals surface area contributed by atoms with Gasteiger partial charge in [-0.1, -0.05) is 26.0 Å². The zero-order chi connectivity index (χ0) is 13.0. The zero-order valence-corrected chi connectivity index (χ0v) is 11.7. The molecule has 1 aliphatic rings. The largest absolute Gasteiger partial charge is 0.371 e. The van der Waals surface area contributed by atoms with Gasteiger partial charge in [0.1, 0.15) is 0 Å². The molecule has 2 atom stereocenters. The van der Waals surface area contributed by atoms with Gasteiger partial charge >= 0.3 is 0 Å². The summed E-state index contributed by atoms with van der Waals surface area (Å²) >= 11 is 0. The van der Waals surface area contributed by atoms with Gasteiger partial charge in [-0.25, -0.2) is 0 Å². The highest BCUT2D eigenvalue weighted by Gasteiger charge is 2.16. The highest BCUT2D eigenvalue weighted by molar-refractivity contribution is 5.48. The first-order chi connectivity index (χ1) is 8.69. The fourth-order valence-electron chi connectivity index (χ4n) is 2.71. The van der Waals surface area contributed by atoms with Crippen molar-refractivity contribution in [2.24, 2.45) is 11.7 Å². The summed E-state index contributed by atoms with van der Waals surface area (Å²) in [6, 6.07) is 9.30. The monoisotopic (exact) mass is 246 g/mol. The molecular formula is C16H26N2. The van der Waals surface area contributed by atoms with Gasteiger partial charge in [0.2, 0.25) is 0 Å². The van der Waals surface area contributed by atoms with Crippen LogP contribution in [0.3, 0.4) is 0 Å². The van der Waals surface area contributed by atoms with Crippen molar-refractivity contribution in [1.29, 1.82) is 0 Å². The summed E-state index contributed by atoms with van der Waals surface area (Å²) in [5.41, 5.74) is 8.72. The van der Waals surface area contributed by atoms with Crippen LogP contribution >= 0.6 is 0 Å². The van der Waals surface area contributed by atoms with Crippen LogP contribution in [0.4, 0.5) is 5.69 Å². The van der Waals surface area contributed by atoms with Gasteiger partial charge in [-0.3, -0.25) is 0 Å². The average molecular weight is 246 g/mol. The Kier molecular flexibility index (Phi) is 4.65. The van der Waals surface area contributed by atoms with Crippen LogP contribution < -0.4 is 10.6 Å². The highest BCUT2D eigenvalue weighted by atomic mass is 15.1. The molecule has 2 N–H and O–H groups in total. The number of anilines is 1. The van der Waals surface area contributed by atoms with Crippen LogP contribution in [0.25, 0.3) is 0 Å². The molecule has 0 saturated carbocycles. The van der Waals surface area contributed by atoms with E-state index in [9.17, 15) is 0 Å². The van der Waals surface area contributed by atoms with Crippen molar-refractivity contribution in [2.75, 3.05) is 18.0 Å². The van der Waals surface area contributed by atoms with Crippen LogP contribution in [0.1, 0.15) is 38.7 Å². The Labute approximate surface area is 111 Å². The summed E-state index contributed by atoms with van der Waals surface area (Å²) in [7, 11) is 0. The molecule has 1 aromatic carbocycles. The van der Waals surface area contributed by atoms with E-state index in [-0.39, 0.29) is 0 Å². The van der Waals surface area contributed by atoms with Gasteiger partial charge in [0.25, 0.3) is 0 Å². The van der Waals surface area contributed by atoms with E-state index in [1.807, 2.05) is 0 Å². The number of rotatable bonds is 4. The van der Waals surface area contributed by atoms with Crippen LogP contribution in [0, 0.1) is 5.92 Å². The Balaban J connectivity index is 1.98. The fourth-order valence-corrected chi connectivity index (χ4v) is 2.71. The standard InChI is InChI=1S/C16H26N2/c1-3-15(17)11-14-6-8-16(9-7-14)18-10-4-5-13(2)12-18/h6-9,13,15H,3-5,10-12,17H2,1-2H3. The molecule has 0 amide bonds. The maximum atomic E-state index is 5.99. The molecule has 0 aromatic heterocycles. The third-order valence-corrected chi connectivity index (χ3v) is 3.98. The number of hydrogen-bond donors (Lipinski definition) is 1. The van der Waals surface area contributed by atoms with Crippen LogP contribution in [0.5, 0.6) is 0 Å². The maximum absolute atomic E-state index is 5.99. The molecule has 1 saturated heterocycles. The van der Waals surface area contributed by atoms with Crippen molar-refractivity contribution in [1.82, 2.24) is 0 Å². The van der Waals surface area contributed by atoms with Crippen molar-refractivity contribution in [3.05, 3.63) is 29.8 Å². The zero-order valence-electron chi connectivity index (χ0n) is 11.7. The van der Waals surface area contributed by atoms with Crippen molar-refractivity contribution in [3.8, 4) is 0 Å². The molecule has 1 heterocycles. The average Bonchev–Trinajstić information content (AvgIpc) is 2.39. The number of nitrogens with two attached hydrogens (primary N) is 1. The number of nitrogens with zero attached hydrogens (tertiary/aromatic N) is 1. The van der Waals surface area contributed by atoms with Gasteiger partial charge < -0.3 is 10.6 Å². The quantitative estimate of drug-likeness (QED) is 0.884. The second-order valence-corrected chi connectivity index (χ2v) is 5.73. The van der Waals surface area contributed by atoms with Gasteiger partial charge in [0.15, 0.2) is 0 Å². The third kappa shape index (κ3) is 3.49. The minimum absolute atomic E-state index is 0.297. The van der Waals surface area contributed by atoms with E-state index in [1.165, 1.54) is 37.2 Å². The lowest BCUT2D eigenvalue weighted by atomic mass is 9.99. The highest BCUT2D eigenvalue weighted by Crippen LogP contribution is 2.23.